The van der Waals surface area contributed by atoms with Crippen molar-refractivity contribution in [1.82, 2.24) is 15.1 Å². The van der Waals surface area contributed by atoms with Gasteiger partial charge < -0.3 is 25.2 Å². The summed E-state index contributed by atoms with van der Waals surface area (Å²) in [7, 11) is 5.28. The Labute approximate surface area is 172 Å². The van der Waals surface area contributed by atoms with E-state index < -0.39 is 5.97 Å². The van der Waals surface area contributed by atoms with Crippen LogP contribution in [-0.2, 0) is 20.7 Å². The number of benzene rings is 1. The van der Waals surface area contributed by atoms with E-state index in [1.165, 1.54) is 20.0 Å². The molecule has 1 fully saturated rings. The maximum Gasteiger partial charge on any atom is 0.325 e. The Hall–Kier alpha value is -2.61. The summed E-state index contributed by atoms with van der Waals surface area (Å²) in [4.78, 5) is 39.8. The molecule has 0 aromatic heterocycles. The lowest BCUT2D eigenvalue weighted by Gasteiger charge is -2.30. The number of nitrogens with one attached hydrogen (secondary N) is 2. The molecule has 0 unspecified atom stereocenters. The first-order valence-corrected chi connectivity index (χ1v) is 10.0. The molecule has 1 saturated carbocycles. The minimum atomic E-state index is -0.488. The molecule has 1 aliphatic rings. The minimum Gasteiger partial charge on any atom is -0.468 e. The SMILES string of the molecule is COC(=O)CNC(=O)Cc1ccc(NC(=O)N(CCN(C)C)C2CCCC2)cc1. The van der Waals surface area contributed by atoms with Gasteiger partial charge >= 0.3 is 12.0 Å². The quantitative estimate of drug-likeness (QED) is 0.613. The molecule has 160 valence electrons. The number of anilines is 1. The van der Waals surface area contributed by atoms with Crippen LogP contribution in [-0.4, -0.2) is 74.6 Å². The molecule has 8 nitrogen and oxygen atoms in total. The maximum atomic E-state index is 12.8. The van der Waals surface area contributed by atoms with Crippen molar-refractivity contribution in [1.29, 1.82) is 0 Å². The Morgan fingerprint density at radius 2 is 1.72 bits per heavy atom. The van der Waals surface area contributed by atoms with Crippen LogP contribution in [0.3, 0.4) is 0 Å². The van der Waals surface area contributed by atoms with Crippen molar-refractivity contribution in [2.45, 2.75) is 38.1 Å². The normalized spacial score (nSPS) is 13.9. The van der Waals surface area contributed by atoms with Gasteiger partial charge in [0.15, 0.2) is 0 Å². The molecule has 0 bridgehead atoms. The number of methoxy groups -OCH3 is 1. The van der Waals surface area contributed by atoms with Crippen molar-refractivity contribution in [3.05, 3.63) is 29.8 Å². The lowest BCUT2D eigenvalue weighted by molar-refractivity contribution is -0.141. The first-order chi connectivity index (χ1) is 13.9. The first kappa shape index (κ1) is 22.7. The van der Waals surface area contributed by atoms with Gasteiger partial charge in [-0.3, -0.25) is 9.59 Å². The van der Waals surface area contributed by atoms with Crippen molar-refractivity contribution >= 4 is 23.6 Å². The van der Waals surface area contributed by atoms with Crippen LogP contribution in [0.25, 0.3) is 0 Å². The number of amides is 3. The number of hydrogen-bond acceptors (Lipinski definition) is 5. The van der Waals surface area contributed by atoms with Crippen LogP contribution in [0.1, 0.15) is 31.2 Å². The summed E-state index contributed by atoms with van der Waals surface area (Å²) in [5, 5.41) is 5.48. The number of urea groups is 1. The first-order valence-electron chi connectivity index (χ1n) is 10.0. The third kappa shape index (κ3) is 7.73. The van der Waals surface area contributed by atoms with E-state index in [4.69, 9.17) is 0 Å². The summed E-state index contributed by atoms with van der Waals surface area (Å²) in [5.74, 6) is -0.749. The fourth-order valence-corrected chi connectivity index (χ4v) is 3.37. The average Bonchev–Trinajstić information content (AvgIpc) is 3.22. The van der Waals surface area contributed by atoms with E-state index in [9.17, 15) is 14.4 Å². The number of esters is 1. The molecule has 1 aliphatic carbocycles. The number of hydrogen-bond donors (Lipinski definition) is 2. The highest BCUT2D eigenvalue weighted by Gasteiger charge is 2.26. The molecule has 0 aliphatic heterocycles. The number of carbonyl (C=O) groups is 3. The van der Waals surface area contributed by atoms with Crippen LogP contribution >= 0.6 is 0 Å². The highest BCUT2D eigenvalue weighted by Crippen LogP contribution is 2.24. The second kappa shape index (κ2) is 11.4. The fourth-order valence-electron chi connectivity index (χ4n) is 3.37. The van der Waals surface area contributed by atoms with Crippen LogP contribution in [0.15, 0.2) is 24.3 Å². The Bertz CT molecular complexity index is 684. The zero-order valence-corrected chi connectivity index (χ0v) is 17.6. The molecule has 8 heteroatoms. The zero-order chi connectivity index (χ0) is 21.2. The summed E-state index contributed by atoms with van der Waals surface area (Å²) >= 11 is 0. The monoisotopic (exact) mass is 404 g/mol. The lowest BCUT2D eigenvalue weighted by Crippen LogP contribution is -2.44. The molecule has 0 radical (unpaired) electrons. The molecule has 0 atom stereocenters. The van der Waals surface area contributed by atoms with Gasteiger partial charge in [0.1, 0.15) is 6.54 Å². The van der Waals surface area contributed by atoms with Gasteiger partial charge in [0.25, 0.3) is 0 Å². The second-order valence-corrected chi connectivity index (χ2v) is 7.59. The number of ether oxygens (including phenoxy) is 1. The van der Waals surface area contributed by atoms with Crippen LogP contribution in [0.2, 0.25) is 0 Å². The van der Waals surface area contributed by atoms with E-state index in [1.54, 1.807) is 24.3 Å². The van der Waals surface area contributed by atoms with E-state index >= 15 is 0 Å². The Morgan fingerprint density at radius 1 is 1.07 bits per heavy atom. The van der Waals surface area contributed by atoms with E-state index in [0.717, 1.165) is 24.9 Å². The van der Waals surface area contributed by atoms with Gasteiger partial charge in [-0.1, -0.05) is 25.0 Å². The number of nitrogens with zero attached hydrogens (tertiary/aromatic N) is 2. The standard InChI is InChI=1S/C21H32N4O4/c1-24(2)12-13-25(18-6-4-5-7-18)21(28)23-17-10-8-16(9-11-17)14-19(26)22-15-20(27)29-3/h8-11,18H,4-7,12-15H2,1-3H3,(H,22,26)(H,23,28). The number of rotatable bonds is 9. The van der Waals surface area contributed by atoms with Crippen LogP contribution in [0.4, 0.5) is 10.5 Å². The van der Waals surface area contributed by atoms with E-state index in [1.807, 2.05) is 19.0 Å². The Balaban J connectivity index is 1.90. The van der Waals surface area contributed by atoms with Gasteiger partial charge in [-0.25, -0.2) is 4.79 Å². The summed E-state index contributed by atoms with van der Waals surface area (Å²) in [6, 6.07) is 7.40. The third-order valence-corrected chi connectivity index (χ3v) is 5.04. The predicted molar refractivity (Wildman–Crippen MR) is 112 cm³/mol. The maximum absolute atomic E-state index is 12.8. The fraction of sp³-hybridized carbons (Fsp3) is 0.571. The van der Waals surface area contributed by atoms with Crippen molar-refractivity contribution < 1.29 is 19.1 Å². The van der Waals surface area contributed by atoms with Crippen molar-refractivity contribution in [2.24, 2.45) is 0 Å². The van der Waals surface area contributed by atoms with Gasteiger partial charge in [0, 0.05) is 24.8 Å². The minimum absolute atomic E-state index is 0.0812. The van der Waals surface area contributed by atoms with Gasteiger partial charge in [-0.2, -0.15) is 0 Å². The van der Waals surface area contributed by atoms with Crippen molar-refractivity contribution in [2.75, 3.05) is 46.2 Å². The van der Waals surface area contributed by atoms with Gasteiger partial charge in [0.05, 0.1) is 13.5 Å². The molecule has 2 N–H and O–H groups in total. The van der Waals surface area contributed by atoms with E-state index in [2.05, 4.69) is 20.3 Å². The zero-order valence-electron chi connectivity index (χ0n) is 17.6. The predicted octanol–water partition coefficient (Wildman–Crippen LogP) is 1.86. The summed E-state index contributed by atoms with van der Waals surface area (Å²) in [5.41, 5.74) is 1.49. The Morgan fingerprint density at radius 3 is 2.31 bits per heavy atom. The van der Waals surface area contributed by atoms with Crippen LogP contribution in [0.5, 0.6) is 0 Å². The lowest BCUT2D eigenvalue weighted by atomic mass is 10.1. The van der Waals surface area contributed by atoms with Crippen LogP contribution < -0.4 is 10.6 Å². The topological polar surface area (TPSA) is 91.0 Å². The molecular weight excluding hydrogens is 372 g/mol. The molecule has 0 saturated heterocycles. The third-order valence-electron chi connectivity index (χ3n) is 5.04. The smallest absolute Gasteiger partial charge is 0.325 e. The van der Waals surface area contributed by atoms with E-state index in [-0.39, 0.29) is 24.9 Å². The summed E-state index contributed by atoms with van der Waals surface area (Å²) < 4.78 is 4.49. The van der Waals surface area contributed by atoms with Crippen LogP contribution in [0, 0.1) is 0 Å². The van der Waals surface area contributed by atoms with Gasteiger partial charge in [-0.15, -0.1) is 0 Å². The molecule has 2 rings (SSSR count). The molecule has 29 heavy (non-hydrogen) atoms. The van der Waals surface area contributed by atoms with Crippen molar-refractivity contribution in [3.8, 4) is 0 Å². The highest BCUT2D eigenvalue weighted by molar-refractivity contribution is 5.89. The van der Waals surface area contributed by atoms with Gasteiger partial charge in [-0.05, 0) is 44.6 Å². The molecule has 1 aromatic carbocycles. The average molecular weight is 405 g/mol. The second-order valence-electron chi connectivity index (χ2n) is 7.59. The molecule has 0 heterocycles. The molecule has 0 spiro atoms. The van der Waals surface area contributed by atoms with E-state index in [0.29, 0.717) is 18.3 Å². The Kier molecular flexibility index (Phi) is 8.92. The van der Waals surface area contributed by atoms with Crippen molar-refractivity contribution in [3.63, 3.8) is 0 Å². The molecule has 3 amide bonds. The van der Waals surface area contributed by atoms with Gasteiger partial charge in [0.2, 0.25) is 5.91 Å². The number of carbonyl (C=O) groups excluding carboxylic acids is 3. The highest BCUT2D eigenvalue weighted by atomic mass is 16.5. The summed E-state index contributed by atoms with van der Waals surface area (Å²) in [6.45, 7) is 1.37. The molecular formula is C21H32N4O4. The molecule has 1 aromatic rings. The summed E-state index contributed by atoms with van der Waals surface area (Å²) in [6.07, 6.45) is 4.61. The number of likely N-dealkylation sites (N-methyl/N-ethyl adjacent to an activating group) is 1. The largest absolute Gasteiger partial charge is 0.468 e.